The minimum Gasteiger partial charge on any atom is -0.396 e. The highest BCUT2D eigenvalue weighted by atomic mass is 31.1. The second-order valence-corrected chi connectivity index (χ2v) is 3.98. The van der Waals surface area contributed by atoms with Gasteiger partial charge in [0.05, 0.1) is 0 Å². The third-order valence-corrected chi connectivity index (χ3v) is 2.61. The van der Waals surface area contributed by atoms with Crippen molar-refractivity contribution < 1.29 is 14.6 Å². The quantitative estimate of drug-likeness (QED) is 0.605. The van der Waals surface area contributed by atoms with Crippen molar-refractivity contribution in [3.8, 4) is 0 Å². The SMILES string of the molecule is CCCCC(CO)C[PH](=O)O. The lowest BCUT2D eigenvalue weighted by Crippen LogP contribution is -2.08. The molecule has 0 aromatic heterocycles. The van der Waals surface area contributed by atoms with E-state index in [0.29, 0.717) is 0 Å². The molecule has 2 unspecified atom stereocenters. The Morgan fingerprint density at radius 3 is 2.55 bits per heavy atom. The zero-order valence-corrected chi connectivity index (χ0v) is 7.92. The first-order valence-corrected chi connectivity index (χ1v) is 5.59. The van der Waals surface area contributed by atoms with E-state index in [4.69, 9.17) is 10.00 Å². The third-order valence-electron chi connectivity index (χ3n) is 1.69. The average Bonchev–Trinajstić information content (AvgIpc) is 1.97. The van der Waals surface area contributed by atoms with Gasteiger partial charge in [0.25, 0.3) is 0 Å². The molecule has 11 heavy (non-hydrogen) atoms. The van der Waals surface area contributed by atoms with Gasteiger partial charge in [-0.05, 0) is 12.3 Å². The zero-order valence-electron chi connectivity index (χ0n) is 6.92. The molecule has 4 heteroatoms. The summed E-state index contributed by atoms with van der Waals surface area (Å²) in [5.74, 6) is 0.0336. The minimum atomic E-state index is -2.39. The number of aliphatic hydroxyl groups is 1. The van der Waals surface area contributed by atoms with Gasteiger partial charge in [-0.1, -0.05) is 19.8 Å². The van der Waals surface area contributed by atoms with Crippen molar-refractivity contribution in [3.05, 3.63) is 0 Å². The maximum Gasteiger partial charge on any atom is 0.189 e. The molecule has 0 aromatic carbocycles. The molecule has 0 saturated heterocycles. The van der Waals surface area contributed by atoms with E-state index in [2.05, 4.69) is 6.92 Å². The predicted octanol–water partition coefficient (Wildman–Crippen LogP) is 1.25. The van der Waals surface area contributed by atoms with Crippen LogP contribution in [0.3, 0.4) is 0 Å². The molecule has 0 heterocycles. The summed E-state index contributed by atoms with van der Waals surface area (Å²) < 4.78 is 10.4. The van der Waals surface area contributed by atoms with Crippen LogP contribution in [0.1, 0.15) is 26.2 Å². The van der Waals surface area contributed by atoms with E-state index in [1.807, 2.05) is 0 Å². The van der Waals surface area contributed by atoms with Crippen LogP contribution in [-0.2, 0) is 4.57 Å². The molecular formula is C7H17O3P. The molecule has 0 rings (SSSR count). The predicted molar refractivity (Wildman–Crippen MR) is 46.2 cm³/mol. The summed E-state index contributed by atoms with van der Waals surface area (Å²) >= 11 is 0. The van der Waals surface area contributed by atoms with Gasteiger partial charge in [0.15, 0.2) is 8.03 Å². The van der Waals surface area contributed by atoms with Crippen LogP contribution in [0.2, 0.25) is 0 Å². The maximum absolute atomic E-state index is 10.4. The summed E-state index contributed by atoms with van der Waals surface area (Å²) in [6, 6.07) is 0. The van der Waals surface area contributed by atoms with Gasteiger partial charge in [-0.25, -0.2) is 0 Å². The van der Waals surface area contributed by atoms with Crippen LogP contribution in [0.5, 0.6) is 0 Å². The number of rotatable bonds is 6. The molecule has 0 aliphatic carbocycles. The van der Waals surface area contributed by atoms with Gasteiger partial charge < -0.3 is 10.00 Å². The summed E-state index contributed by atoms with van der Waals surface area (Å²) in [6.45, 7) is 2.10. The molecule has 0 aliphatic heterocycles. The fourth-order valence-electron chi connectivity index (χ4n) is 0.998. The van der Waals surface area contributed by atoms with Crippen LogP contribution in [0.15, 0.2) is 0 Å². The highest BCUT2D eigenvalue weighted by Gasteiger charge is 2.08. The molecule has 3 nitrogen and oxygen atoms in total. The van der Waals surface area contributed by atoms with Gasteiger partial charge in [-0.3, -0.25) is 4.57 Å². The summed E-state index contributed by atoms with van der Waals surface area (Å²) in [4.78, 5) is 8.59. The molecule has 0 aromatic rings. The van der Waals surface area contributed by atoms with Crippen LogP contribution in [0, 0.1) is 5.92 Å². The van der Waals surface area contributed by atoms with Gasteiger partial charge >= 0.3 is 0 Å². The van der Waals surface area contributed by atoms with E-state index in [9.17, 15) is 4.57 Å². The fourth-order valence-corrected chi connectivity index (χ4v) is 1.82. The lowest BCUT2D eigenvalue weighted by atomic mass is 10.1. The first kappa shape index (κ1) is 11.2. The van der Waals surface area contributed by atoms with Crippen LogP contribution in [-0.4, -0.2) is 22.8 Å². The lowest BCUT2D eigenvalue weighted by molar-refractivity contribution is 0.228. The highest BCUT2D eigenvalue weighted by Crippen LogP contribution is 2.21. The maximum atomic E-state index is 10.4. The van der Waals surface area contributed by atoms with Crippen LogP contribution >= 0.6 is 8.03 Å². The molecule has 0 aliphatic rings. The van der Waals surface area contributed by atoms with Gasteiger partial charge in [0, 0.05) is 12.8 Å². The van der Waals surface area contributed by atoms with Crippen molar-refractivity contribution in [3.63, 3.8) is 0 Å². The molecule has 0 fully saturated rings. The van der Waals surface area contributed by atoms with E-state index in [1.165, 1.54) is 0 Å². The van der Waals surface area contributed by atoms with Gasteiger partial charge in [0.2, 0.25) is 0 Å². The van der Waals surface area contributed by atoms with Crippen LogP contribution in [0.25, 0.3) is 0 Å². The summed E-state index contributed by atoms with van der Waals surface area (Å²) in [7, 11) is -2.39. The van der Waals surface area contributed by atoms with Gasteiger partial charge in [-0.15, -0.1) is 0 Å². The summed E-state index contributed by atoms with van der Waals surface area (Å²) in [6.07, 6.45) is 3.24. The van der Waals surface area contributed by atoms with E-state index >= 15 is 0 Å². The average molecular weight is 180 g/mol. The Hall–Kier alpha value is 0.150. The smallest absolute Gasteiger partial charge is 0.189 e. The second-order valence-electron chi connectivity index (χ2n) is 2.79. The normalized spacial score (nSPS) is 16.3. The van der Waals surface area contributed by atoms with Gasteiger partial charge in [-0.2, -0.15) is 0 Å². The monoisotopic (exact) mass is 180 g/mol. The van der Waals surface area contributed by atoms with Crippen molar-refractivity contribution in [2.45, 2.75) is 26.2 Å². The number of hydrogen-bond donors (Lipinski definition) is 2. The standard InChI is InChI=1S/C7H17O3P/c1-2-3-4-7(5-8)6-11(9)10/h7-8,11H,2-6H2,1H3,(H,9,10). The molecule has 0 radical (unpaired) electrons. The first-order chi connectivity index (χ1) is 5.20. The van der Waals surface area contributed by atoms with Crippen molar-refractivity contribution in [2.75, 3.05) is 12.8 Å². The largest absolute Gasteiger partial charge is 0.396 e. The Labute approximate surface area is 68.3 Å². The number of aliphatic hydroxyl groups excluding tert-OH is 1. The Bertz CT molecular complexity index is 116. The first-order valence-electron chi connectivity index (χ1n) is 4.03. The number of hydrogen-bond acceptors (Lipinski definition) is 2. The third kappa shape index (κ3) is 6.54. The fraction of sp³-hybridized carbons (Fsp3) is 1.00. The Kier molecular flexibility index (Phi) is 6.93. The zero-order chi connectivity index (χ0) is 8.69. The molecule has 0 spiro atoms. The van der Waals surface area contributed by atoms with Crippen molar-refractivity contribution in [1.29, 1.82) is 0 Å². The van der Waals surface area contributed by atoms with E-state index in [0.717, 1.165) is 19.3 Å². The second kappa shape index (κ2) is 6.84. The molecule has 0 saturated carbocycles. The molecule has 0 amide bonds. The Morgan fingerprint density at radius 1 is 1.55 bits per heavy atom. The Balaban J connectivity index is 3.49. The molecule has 68 valence electrons. The van der Waals surface area contributed by atoms with Gasteiger partial charge in [0.1, 0.15) is 0 Å². The van der Waals surface area contributed by atoms with Crippen LogP contribution in [0.4, 0.5) is 0 Å². The minimum absolute atomic E-state index is 0.0336. The topological polar surface area (TPSA) is 57.5 Å². The van der Waals surface area contributed by atoms with E-state index in [1.54, 1.807) is 0 Å². The van der Waals surface area contributed by atoms with E-state index < -0.39 is 8.03 Å². The number of unbranched alkanes of at least 4 members (excludes halogenated alkanes) is 1. The van der Waals surface area contributed by atoms with Crippen molar-refractivity contribution >= 4 is 8.03 Å². The van der Waals surface area contributed by atoms with E-state index in [-0.39, 0.29) is 18.7 Å². The summed E-state index contributed by atoms with van der Waals surface area (Å²) in [5, 5.41) is 8.77. The Morgan fingerprint density at radius 2 is 2.18 bits per heavy atom. The van der Waals surface area contributed by atoms with Crippen LogP contribution < -0.4 is 0 Å². The van der Waals surface area contributed by atoms with Crippen molar-refractivity contribution in [2.24, 2.45) is 5.92 Å². The molecule has 0 bridgehead atoms. The molecule has 2 atom stereocenters. The molecule has 2 N–H and O–H groups in total. The summed E-state index contributed by atoms with van der Waals surface area (Å²) in [5.41, 5.74) is 0. The molecular weight excluding hydrogens is 163 g/mol. The lowest BCUT2D eigenvalue weighted by Gasteiger charge is -2.10. The highest BCUT2D eigenvalue weighted by molar-refractivity contribution is 7.38. The van der Waals surface area contributed by atoms with Crippen molar-refractivity contribution in [1.82, 2.24) is 0 Å².